The molecule has 0 bridgehead atoms. The maximum atomic E-state index is 4.34. The van der Waals surface area contributed by atoms with Gasteiger partial charge in [-0.2, -0.15) is 0 Å². The summed E-state index contributed by atoms with van der Waals surface area (Å²) in [5, 5.41) is 3.55. The highest BCUT2D eigenvalue weighted by Gasteiger charge is 2.23. The quantitative estimate of drug-likeness (QED) is 0.892. The summed E-state index contributed by atoms with van der Waals surface area (Å²) in [5.74, 6) is 0.967. The number of benzene rings is 1. The first-order valence-electron chi connectivity index (χ1n) is 6.24. The first-order valence-corrected chi connectivity index (χ1v) is 6.24. The van der Waals surface area contributed by atoms with Gasteiger partial charge in [0, 0.05) is 37.2 Å². The van der Waals surface area contributed by atoms with Crippen molar-refractivity contribution in [2.24, 2.45) is 0 Å². The Bertz CT molecular complexity index is 486. The highest BCUT2D eigenvalue weighted by molar-refractivity contribution is 5.46. The van der Waals surface area contributed by atoms with Gasteiger partial charge in [0.2, 0.25) is 0 Å². The molecule has 0 aliphatic carbocycles. The molecule has 1 N–H and O–H groups in total. The van der Waals surface area contributed by atoms with E-state index in [1.165, 1.54) is 5.69 Å². The predicted molar refractivity (Wildman–Crippen MR) is 72.7 cm³/mol. The van der Waals surface area contributed by atoms with E-state index in [4.69, 9.17) is 0 Å². The monoisotopic (exact) mass is 240 g/mol. The largest absolute Gasteiger partial charge is 0.380 e. The normalized spacial score (nSPS) is 18.9. The number of hydrogen-bond acceptors (Lipinski definition) is 4. The lowest BCUT2D eigenvalue weighted by Gasteiger charge is -2.17. The van der Waals surface area contributed by atoms with Crippen molar-refractivity contribution in [3.8, 4) is 0 Å². The Hall–Kier alpha value is -2.10. The molecule has 1 aliphatic heterocycles. The van der Waals surface area contributed by atoms with Crippen LogP contribution < -0.4 is 10.2 Å². The minimum atomic E-state index is 0.481. The van der Waals surface area contributed by atoms with Crippen LogP contribution in [0.4, 0.5) is 11.5 Å². The van der Waals surface area contributed by atoms with Gasteiger partial charge in [-0.1, -0.05) is 18.2 Å². The average Bonchev–Trinajstić information content (AvgIpc) is 2.89. The molecule has 4 nitrogen and oxygen atoms in total. The van der Waals surface area contributed by atoms with Crippen LogP contribution in [-0.2, 0) is 0 Å². The van der Waals surface area contributed by atoms with Gasteiger partial charge >= 0.3 is 0 Å². The fourth-order valence-electron chi connectivity index (χ4n) is 2.31. The van der Waals surface area contributed by atoms with Gasteiger partial charge in [-0.3, -0.25) is 4.98 Å². The van der Waals surface area contributed by atoms with Crippen LogP contribution in [0.1, 0.15) is 6.42 Å². The van der Waals surface area contributed by atoms with Crippen LogP contribution in [-0.4, -0.2) is 29.1 Å². The molecule has 18 heavy (non-hydrogen) atoms. The molecule has 92 valence electrons. The third-order valence-corrected chi connectivity index (χ3v) is 3.21. The molecule has 0 amide bonds. The van der Waals surface area contributed by atoms with Crippen molar-refractivity contribution in [3.63, 3.8) is 0 Å². The van der Waals surface area contributed by atoms with Crippen LogP contribution >= 0.6 is 0 Å². The van der Waals surface area contributed by atoms with Crippen molar-refractivity contribution in [3.05, 3.63) is 48.9 Å². The number of para-hydroxylation sites is 1. The lowest BCUT2D eigenvalue weighted by Crippen LogP contribution is -2.26. The van der Waals surface area contributed by atoms with E-state index >= 15 is 0 Å². The minimum absolute atomic E-state index is 0.481. The van der Waals surface area contributed by atoms with Gasteiger partial charge < -0.3 is 10.2 Å². The lowest BCUT2D eigenvalue weighted by molar-refractivity contribution is 0.806. The fourth-order valence-corrected chi connectivity index (χ4v) is 2.31. The van der Waals surface area contributed by atoms with E-state index in [9.17, 15) is 0 Å². The number of nitrogens with one attached hydrogen (secondary N) is 1. The standard InChI is InChI=1S/C14H16N4/c1-2-4-12(5-3-1)17-13-6-9-18(11-13)14-10-15-7-8-16-14/h1-5,7-8,10,13,17H,6,9,11H2. The van der Waals surface area contributed by atoms with E-state index < -0.39 is 0 Å². The number of hydrogen-bond donors (Lipinski definition) is 1. The molecule has 0 spiro atoms. The summed E-state index contributed by atoms with van der Waals surface area (Å²) >= 11 is 0. The molecule has 1 aromatic heterocycles. The Morgan fingerprint density at radius 1 is 1.17 bits per heavy atom. The zero-order valence-corrected chi connectivity index (χ0v) is 10.2. The molecular formula is C14H16N4. The van der Waals surface area contributed by atoms with E-state index in [1.807, 2.05) is 12.3 Å². The van der Waals surface area contributed by atoms with Gasteiger partial charge in [-0.25, -0.2) is 4.98 Å². The maximum Gasteiger partial charge on any atom is 0.147 e. The van der Waals surface area contributed by atoms with Crippen molar-refractivity contribution < 1.29 is 0 Å². The molecule has 1 saturated heterocycles. The molecule has 1 aliphatic rings. The summed E-state index contributed by atoms with van der Waals surface area (Å²) < 4.78 is 0. The lowest BCUT2D eigenvalue weighted by atomic mass is 10.2. The molecular weight excluding hydrogens is 224 g/mol. The van der Waals surface area contributed by atoms with E-state index in [-0.39, 0.29) is 0 Å². The molecule has 2 heterocycles. The maximum absolute atomic E-state index is 4.34. The van der Waals surface area contributed by atoms with E-state index in [0.29, 0.717) is 6.04 Å². The van der Waals surface area contributed by atoms with Gasteiger partial charge in [0.1, 0.15) is 5.82 Å². The smallest absolute Gasteiger partial charge is 0.147 e. The van der Waals surface area contributed by atoms with Crippen LogP contribution in [0, 0.1) is 0 Å². The molecule has 2 aromatic rings. The van der Waals surface area contributed by atoms with E-state index in [1.54, 1.807) is 12.4 Å². The van der Waals surface area contributed by atoms with E-state index in [0.717, 1.165) is 25.3 Å². The van der Waals surface area contributed by atoms with Crippen LogP contribution in [0.2, 0.25) is 0 Å². The Balaban J connectivity index is 1.62. The van der Waals surface area contributed by atoms with Gasteiger partial charge in [-0.05, 0) is 18.6 Å². The van der Waals surface area contributed by atoms with Gasteiger partial charge in [0.25, 0.3) is 0 Å². The van der Waals surface area contributed by atoms with Gasteiger partial charge in [0.05, 0.1) is 6.20 Å². The zero-order valence-electron chi connectivity index (χ0n) is 10.2. The Labute approximate surface area is 107 Å². The van der Waals surface area contributed by atoms with Crippen LogP contribution in [0.3, 0.4) is 0 Å². The van der Waals surface area contributed by atoms with Gasteiger partial charge in [0.15, 0.2) is 0 Å². The number of rotatable bonds is 3. The molecule has 1 unspecified atom stereocenters. The summed E-state index contributed by atoms with van der Waals surface area (Å²) in [6.45, 7) is 2.01. The molecule has 1 fully saturated rings. The summed E-state index contributed by atoms with van der Waals surface area (Å²) in [4.78, 5) is 10.7. The summed E-state index contributed by atoms with van der Waals surface area (Å²) in [6, 6.07) is 10.8. The molecule has 3 rings (SSSR count). The second kappa shape index (κ2) is 5.04. The van der Waals surface area contributed by atoms with Crippen molar-refractivity contribution >= 4 is 11.5 Å². The van der Waals surface area contributed by atoms with Crippen LogP contribution in [0.25, 0.3) is 0 Å². The number of aromatic nitrogens is 2. The molecule has 0 saturated carbocycles. The zero-order chi connectivity index (χ0) is 12.2. The first kappa shape index (κ1) is 11.0. The SMILES string of the molecule is c1ccc(NC2CCN(c3cnccn3)C2)cc1. The third-order valence-electron chi connectivity index (χ3n) is 3.21. The fraction of sp³-hybridized carbons (Fsp3) is 0.286. The Kier molecular flexibility index (Phi) is 3.08. The topological polar surface area (TPSA) is 41.0 Å². The highest BCUT2D eigenvalue weighted by Crippen LogP contribution is 2.19. The van der Waals surface area contributed by atoms with Gasteiger partial charge in [-0.15, -0.1) is 0 Å². The van der Waals surface area contributed by atoms with E-state index in [2.05, 4.69) is 44.5 Å². The Morgan fingerprint density at radius 2 is 2.06 bits per heavy atom. The van der Waals surface area contributed by atoms with Crippen molar-refractivity contribution in [2.45, 2.75) is 12.5 Å². The summed E-state index contributed by atoms with van der Waals surface area (Å²) in [5.41, 5.74) is 1.18. The number of anilines is 2. The Morgan fingerprint density at radius 3 is 2.83 bits per heavy atom. The second-order valence-corrected chi connectivity index (χ2v) is 4.51. The second-order valence-electron chi connectivity index (χ2n) is 4.51. The third kappa shape index (κ3) is 2.42. The van der Waals surface area contributed by atoms with Crippen molar-refractivity contribution in [1.29, 1.82) is 0 Å². The predicted octanol–water partition coefficient (Wildman–Crippen LogP) is 2.17. The first-order chi connectivity index (χ1) is 8.92. The van der Waals surface area contributed by atoms with Crippen molar-refractivity contribution in [2.75, 3.05) is 23.3 Å². The van der Waals surface area contributed by atoms with Crippen LogP contribution in [0.15, 0.2) is 48.9 Å². The van der Waals surface area contributed by atoms with Crippen LogP contribution in [0.5, 0.6) is 0 Å². The minimum Gasteiger partial charge on any atom is -0.380 e. The molecule has 0 radical (unpaired) electrons. The summed E-state index contributed by atoms with van der Waals surface area (Å²) in [6.07, 6.45) is 6.41. The number of nitrogens with zero attached hydrogens (tertiary/aromatic N) is 3. The molecule has 1 atom stereocenters. The average molecular weight is 240 g/mol. The molecule has 1 aromatic carbocycles. The molecule has 4 heteroatoms. The summed E-state index contributed by atoms with van der Waals surface area (Å²) in [7, 11) is 0. The van der Waals surface area contributed by atoms with Crippen molar-refractivity contribution in [1.82, 2.24) is 9.97 Å². The highest BCUT2D eigenvalue weighted by atomic mass is 15.2.